The topological polar surface area (TPSA) is 54.7 Å². The minimum atomic E-state index is 0.690. The van der Waals surface area contributed by atoms with Crippen LogP contribution in [0, 0.1) is 0 Å². The van der Waals surface area contributed by atoms with Gasteiger partial charge in [0.2, 0.25) is 0 Å². The van der Waals surface area contributed by atoms with E-state index in [0.29, 0.717) is 6.54 Å². The first-order valence-corrected chi connectivity index (χ1v) is 4.02. The van der Waals surface area contributed by atoms with E-state index in [2.05, 4.69) is 9.97 Å². The summed E-state index contributed by atoms with van der Waals surface area (Å²) in [4.78, 5) is 7.18. The van der Waals surface area contributed by atoms with E-state index >= 15 is 0 Å². The molecule has 12 heavy (non-hydrogen) atoms. The molecule has 0 aromatic carbocycles. The number of hydrogen-bond acceptors (Lipinski definition) is 2. The Balaban J connectivity index is 2.55. The number of hydrogen-bond donors (Lipinski definition) is 2. The van der Waals surface area contributed by atoms with Gasteiger partial charge in [-0.25, -0.2) is 0 Å². The Labute approximate surface area is 70.6 Å². The summed E-state index contributed by atoms with van der Waals surface area (Å²) < 4.78 is 0. The van der Waals surface area contributed by atoms with E-state index in [1.54, 1.807) is 6.20 Å². The zero-order valence-electron chi connectivity index (χ0n) is 6.75. The third-order valence-electron chi connectivity index (χ3n) is 1.98. The molecule has 3 heteroatoms. The smallest absolute Gasteiger partial charge is 0.0643 e. The second-order valence-electron chi connectivity index (χ2n) is 2.77. The van der Waals surface area contributed by atoms with Crippen molar-refractivity contribution in [3.8, 4) is 0 Å². The quantitative estimate of drug-likeness (QED) is 0.692. The maximum absolute atomic E-state index is 5.48. The van der Waals surface area contributed by atoms with E-state index in [1.165, 1.54) is 10.9 Å². The first-order chi connectivity index (χ1) is 5.92. The Bertz CT molecular complexity index is 378. The number of H-pyrrole nitrogens is 1. The third-order valence-corrected chi connectivity index (χ3v) is 1.98. The molecule has 2 aromatic heterocycles. The number of aromatic nitrogens is 2. The fourth-order valence-corrected chi connectivity index (χ4v) is 1.39. The molecule has 0 atom stereocenters. The van der Waals surface area contributed by atoms with Gasteiger partial charge in [0, 0.05) is 17.8 Å². The first kappa shape index (κ1) is 7.31. The minimum absolute atomic E-state index is 0.690. The van der Waals surface area contributed by atoms with Crippen LogP contribution < -0.4 is 5.73 Å². The molecule has 0 aliphatic heterocycles. The van der Waals surface area contributed by atoms with E-state index in [4.69, 9.17) is 5.73 Å². The summed E-state index contributed by atoms with van der Waals surface area (Å²) in [6.07, 6.45) is 6.55. The van der Waals surface area contributed by atoms with Crippen molar-refractivity contribution in [2.45, 2.75) is 6.42 Å². The largest absolute Gasteiger partial charge is 0.360 e. The molecule has 0 saturated heterocycles. The standard InChI is InChI=1S/C9H11N3/c10-3-1-7-5-12-9-6-11-4-2-8(7)9/h2,4-6,12H,1,3,10H2. The minimum Gasteiger partial charge on any atom is -0.360 e. The SMILES string of the molecule is NCCc1c[nH]c2cnccc12. The Hall–Kier alpha value is -1.35. The molecule has 0 spiro atoms. The Morgan fingerprint density at radius 2 is 2.42 bits per heavy atom. The van der Waals surface area contributed by atoms with Crippen molar-refractivity contribution in [2.75, 3.05) is 6.54 Å². The number of fused-ring (bicyclic) bond motifs is 1. The summed E-state index contributed by atoms with van der Waals surface area (Å²) >= 11 is 0. The molecule has 2 aromatic rings. The summed E-state index contributed by atoms with van der Waals surface area (Å²) in [5.41, 5.74) is 7.84. The van der Waals surface area contributed by atoms with Crippen LogP contribution in [0.5, 0.6) is 0 Å². The Morgan fingerprint density at radius 1 is 1.50 bits per heavy atom. The molecule has 0 unspecified atom stereocenters. The number of aromatic amines is 1. The number of pyridine rings is 1. The molecule has 2 heterocycles. The molecular weight excluding hydrogens is 150 g/mol. The number of nitrogens with one attached hydrogen (secondary N) is 1. The van der Waals surface area contributed by atoms with Crippen molar-refractivity contribution in [3.05, 3.63) is 30.2 Å². The highest BCUT2D eigenvalue weighted by molar-refractivity contribution is 5.82. The second-order valence-corrected chi connectivity index (χ2v) is 2.77. The molecule has 0 saturated carbocycles. The summed E-state index contributed by atoms with van der Waals surface area (Å²) in [7, 11) is 0. The van der Waals surface area contributed by atoms with Gasteiger partial charge in [0.1, 0.15) is 0 Å². The normalized spacial score (nSPS) is 10.8. The lowest BCUT2D eigenvalue weighted by molar-refractivity contribution is 0.976. The predicted octanol–water partition coefficient (Wildman–Crippen LogP) is 1.06. The molecule has 0 fully saturated rings. The van der Waals surface area contributed by atoms with Gasteiger partial charge in [-0.1, -0.05) is 0 Å². The molecule has 3 N–H and O–H groups in total. The fraction of sp³-hybridized carbons (Fsp3) is 0.222. The third kappa shape index (κ3) is 1.08. The van der Waals surface area contributed by atoms with Crippen LogP contribution in [0.15, 0.2) is 24.7 Å². The van der Waals surface area contributed by atoms with Gasteiger partial charge in [0.05, 0.1) is 11.7 Å². The van der Waals surface area contributed by atoms with Crippen molar-refractivity contribution in [3.63, 3.8) is 0 Å². The molecule has 3 nitrogen and oxygen atoms in total. The molecule has 0 aliphatic rings. The van der Waals surface area contributed by atoms with Crippen LogP contribution in [-0.2, 0) is 6.42 Å². The fourth-order valence-electron chi connectivity index (χ4n) is 1.39. The van der Waals surface area contributed by atoms with E-state index in [9.17, 15) is 0 Å². The van der Waals surface area contributed by atoms with Crippen LogP contribution in [0.1, 0.15) is 5.56 Å². The molecule has 2 rings (SSSR count). The van der Waals surface area contributed by atoms with Crippen LogP contribution in [0.2, 0.25) is 0 Å². The molecule has 0 amide bonds. The van der Waals surface area contributed by atoms with E-state index < -0.39 is 0 Å². The van der Waals surface area contributed by atoms with Crippen molar-refractivity contribution in [1.29, 1.82) is 0 Å². The van der Waals surface area contributed by atoms with Gasteiger partial charge in [-0.3, -0.25) is 4.98 Å². The molecule has 62 valence electrons. The van der Waals surface area contributed by atoms with E-state index in [1.807, 2.05) is 18.5 Å². The summed E-state index contributed by atoms with van der Waals surface area (Å²) in [5.74, 6) is 0. The summed E-state index contributed by atoms with van der Waals surface area (Å²) in [6.45, 7) is 0.690. The van der Waals surface area contributed by atoms with Gasteiger partial charge in [-0.15, -0.1) is 0 Å². The van der Waals surface area contributed by atoms with Crippen LogP contribution in [-0.4, -0.2) is 16.5 Å². The highest BCUT2D eigenvalue weighted by Crippen LogP contribution is 2.16. The van der Waals surface area contributed by atoms with E-state index in [-0.39, 0.29) is 0 Å². The van der Waals surface area contributed by atoms with Gasteiger partial charge < -0.3 is 10.7 Å². The molecule has 0 aliphatic carbocycles. The Kier molecular flexibility index (Phi) is 1.80. The predicted molar refractivity (Wildman–Crippen MR) is 48.9 cm³/mol. The van der Waals surface area contributed by atoms with Crippen LogP contribution in [0.4, 0.5) is 0 Å². The second kappa shape index (κ2) is 2.95. The van der Waals surface area contributed by atoms with Gasteiger partial charge in [-0.05, 0) is 24.6 Å². The number of nitrogens with zero attached hydrogens (tertiary/aromatic N) is 1. The number of rotatable bonds is 2. The zero-order chi connectivity index (χ0) is 8.39. The van der Waals surface area contributed by atoms with Gasteiger partial charge in [-0.2, -0.15) is 0 Å². The maximum atomic E-state index is 5.48. The van der Waals surface area contributed by atoms with Crippen molar-refractivity contribution >= 4 is 10.9 Å². The monoisotopic (exact) mass is 161 g/mol. The summed E-state index contributed by atoms with van der Waals surface area (Å²) in [5, 5.41) is 1.23. The van der Waals surface area contributed by atoms with Crippen molar-refractivity contribution < 1.29 is 0 Å². The van der Waals surface area contributed by atoms with Gasteiger partial charge >= 0.3 is 0 Å². The molecule has 0 bridgehead atoms. The summed E-state index contributed by atoms with van der Waals surface area (Å²) in [6, 6.07) is 2.01. The molecule has 0 radical (unpaired) electrons. The van der Waals surface area contributed by atoms with Crippen LogP contribution in [0.25, 0.3) is 10.9 Å². The van der Waals surface area contributed by atoms with Gasteiger partial charge in [0.15, 0.2) is 0 Å². The lowest BCUT2D eigenvalue weighted by Crippen LogP contribution is -2.01. The average molecular weight is 161 g/mol. The Morgan fingerprint density at radius 3 is 3.25 bits per heavy atom. The molecular formula is C9H11N3. The first-order valence-electron chi connectivity index (χ1n) is 4.02. The van der Waals surface area contributed by atoms with Crippen molar-refractivity contribution in [2.24, 2.45) is 5.73 Å². The number of nitrogens with two attached hydrogens (primary N) is 1. The lowest BCUT2D eigenvalue weighted by atomic mass is 10.1. The highest BCUT2D eigenvalue weighted by Gasteiger charge is 2.00. The van der Waals surface area contributed by atoms with E-state index in [0.717, 1.165) is 11.9 Å². The van der Waals surface area contributed by atoms with Crippen molar-refractivity contribution in [1.82, 2.24) is 9.97 Å². The lowest BCUT2D eigenvalue weighted by Gasteiger charge is -1.93. The maximum Gasteiger partial charge on any atom is 0.0643 e. The zero-order valence-corrected chi connectivity index (χ0v) is 6.75. The van der Waals surface area contributed by atoms with Gasteiger partial charge in [0.25, 0.3) is 0 Å². The van der Waals surface area contributed by atoms with Crippen LogP contribution in [0.3, 0.4) is 0 Å². The average Bonchev–Trinajstić information content (AvgIpc) is 2.50. The van der Waals surface area contributed by atoms with Crippen LogP contribution >= 0.6 is 0 Å². The highest BCUT2D eigenvalue weighted by atomic mass is 14.7.